The molecule has 39 heavy (non-hydrogen) atoms. The van der Waals surface area contributed by atoms with Crippen LogP contribution in [-0.4, -0.2) is 38.5 Å². The number of hydrogen-bond donors (Lipinski definition) is 2. The maximum absolute atomic E-state index is 11.6. The summed E-state index contributed by atoms with van der Waals surface area (Å²) in [7, 11) is 0. The molecule has 2 amide bonds. The van der Waals surface area contributed by atoms with E-state index in [1.807, 2.05) is 0 Å². The van der Waals surface area contributed by atoms with Gasteiger partial charge in [-0.1, -0.05) is 46.0 Å². The molecule has 218 valence electrons. The highest BCUT2D eigenvalue weighted by Gasteiger charge is 2.50. The fraction of sp³-hybridized carbons (Fsp3) is 0.818. The molecule has 2 fully saturated rings. The van der Waals surface area contributed by atoms with Crippen molar-refractivity contribution >= 4 is 12.2 Å². The number of carbonyl (C=O) groups is 2. The molecule has 4 rings (SSSR count). The Kier molecular flexibility index (Phi) is 14.5. The lowest BCUT2D eigenvalue weighted by Crippen LogP contribution is -2.26. The molecule has 0 bridgehead atoms. The number of rotatable bonds is 13. The third-order valence-electron chi connectivity index (χ3n) is 8.84. The predicted molar refractivity (Wildman–Crippen MR) is 156 cm³/mol. The van der Waals surface area contributed by atoms with E-state index >= 15 is 0 Å². The van der Waals surface area contributed by atoms with Gasteiger partial charge in [0, 0.05) is 38.8 Å². The van der Waals surface area contributed by atoms with E-state index in [1.54, 1.807) is 0 Å². The molecule has 0 heterocycles. The summed E-state index contributed by atoms with van der Waals surface area (Å²) < 4.78 is 10.7. The van der Waals surface area contributed by atoms with Gasteiger partial charge in [0.25, 0.3) is 0 Å². The van der Waals surface area contributed by atoms with Crippen molar-refractivity contribution in [2.75, 3.05) is 26.3 Å². The predicted octanol–water partition coefficient (Wildman–Crippen LogP) is 7.07. The van der Waals surface area contributed by atoms with Crippen molar-refractivity contribution in [1.29, 1.82) is 0 Å². The molecule has 4 atom stereocenters. The molecular weight excluding hydrogens is 488 g/mol. The number of hydrogen-bond acceptors (Lipinski definition) is 4. The Balaban J connectivity index is 0.000000218. The van der Waals surface area contributed by atoms with Gasteiger partial charge in [-0.05, 0) is 74.0 Å². The first kappa shape index (κ1) is 31.2. The molecule has 0 aromatic carbocycles. The van der Waals surface area contributed by atoms with Crippen LogP contribution in [0.3, 0.4) is 0 Å². The third kappa shape index (κ3) is 11.7. The lowest BCUT2D eigenvalue weighted by molar-refractivity contribution is 0.136. The second kappa shape index (κ2) is 18.1. The molecule has 2 saturated carbocycles. The van der Waals surface area contributed by atoms with E-state index in [2.05, 4.69) is 48.2 Å². The van der Waals surface area contributed by atoms with Crippen LogP contribution in [0.15, 0.2) is 0 Å². The molecule has 4 unspecified atom stereocenters. The highest BCUT2D eigenvalue weighted by atomic mass is 16.6. The molecule has 0 aromatic heterocycles. The minimum absolute atomic E-state index is 0.235. The molecule has 0 radical (unpaired) electrons. The smallest absolute Gasteiger partial charge is 0.407 e. The second-order valence-electron chi connectivity index (χ2n) is 11.7. The van der Waals surface area contributed by atoms with Gasteiger partial charge in [-0.15, -0.1) is 23.7 Å². The van der Waals surface area contributed by atoms with E-state index in [0.717, 1.165) is 81.7 Å². The number of fused-ring (bicyclic) bond motifs is 2. The van der Waals surface area contributed by atoms with Crippen molar-refractivity contribution < 1.29 is 19.1 Å². The van der Waals surface area contributed by atoms with Crippen LogP contribution in [0, 0.1) is 59.2 Å². The van der Waals surface area contributed by atoms with Gasteiger partial charge in [0.1, 0.15) is 0 Å². The summed E-state index contributed by atoms with van der Waals surface area (Å²) in [6, 6.07) is 0. The molecule has 6 nitrogen and oxygen atoms in total. The van der Waals surface area contributed by atoms with Crippen molar-refractivity contribution in [2.45, 2.75) is 110 Å². The van der Waals surface area contributed by atoms with Gasteiger partial charge in [0.05, 0.1) is 13.2 Å². The Bertz CT molecular complexity index is 830. The van der Waals surface area contributed by atoms with Crippen molar-refractivity contribution in [3.63, 3.8) is 0 Å². The van der Waals surface area contributed by atoms with Crippen LogP contribution in [-0.2, 0) is 9.47 Å². The fourth-order valence-electron chi connectivity index (χ4n) is 6.30. The zero-order valence-electron chi connectivity index (χ0n) is 24.5. The van der Waals surface area contributed by atoms with Gasteiger partial charge < -0.3 is 20.1 Å². The van der Waals surface area contributed by atoms with Crippen LogP contribution < -0.4 is 10.6 Å². The van der Waals surface area contributed by atoms with Crippen LogP contribution >= 0.6 is 0 Å². The summed E-state index contributed by atoms with van der Waals surface area (Å²) in [6.07, 6.45) is 16.5. The van der Waals surface area contributed by atoms with Crippen LogP contribution in [0.1, 0.15) is 110 Å². The van der Waals surface area contributed by atoms with E-state index in [9.17, 15) is 9.59 Å². The summed E-state index contributed by atoms with van der Waals surface area (Å²) in [5.41, 5.74) is 0. The minimum atomic E-state index is -0.251. The summed E-state index contributed by atoms with van der Waals surface area (Å²) >= 11 is 0. The Morgan fingerprint density at radius 3 is 1.38 bits per heavy atom. The van der Waals surface area contributed by atoms with Gasteiger partial charge in [-0.3, -0.25) is 0 Å². The number of ether oxygens (including phenoxy) is 2. The van der Waals surface area contributed by atoms with Crippen molar-refractivity contribution in [3.05, 3.63) is 0 Å². The highest BCUT2D eigenvalue weighted by molar-refractivity contribution is 5.67. The highest BCUT2D eigenvalue weighted by Crippen LogP contribution is 2.53. The average Bonchev–Trinajstić information content (AvgIpc) is 3.76. The lowest BCUT2D eigenvalue weighted by Gasteiger charge is -2.06. The first-order valence-electron chi connectivity index (χ1n) is 15.9. The van der Waals surface area contributed by atoms with E-state index in [1.165, 1.54) is 51.4 Å². The van der Waals surface area contributed by atoms with Crippen LogP contribution in [0.5, 0.6) is 0 Å². The first-order valence-corrected chi connectivity index (χ1v) is 15.9. The molecule has 6 heteroatoms. The second-order valence-corrected chi connectivity index (χ2v) is 11.7. The minimum Gasteiger partial charge on any atom is -0.449 e. The van der Waals surface area contributed by atoms with Gasteiger partial charge in [0.15, 0.2) is 0 Å². The molecule has 4 aliphatic carbocycles. The normalized spacial score (nSPS) is 27.7. The summed E-state index contributed by atoms with van der Waals surface area (Å²) in [6.45, 7) is 6.97. The monoisotopic (exact) mass is 540 g/mol. The Morgan fingerprint density at radius 1 is 0.590 bits per heavy atom. The van der Waals surface area contributed by atoms with E-state index in [-0.39, 0.29) is 12.2 Å². The van der Waals surface area contributed by atoms with Crippen LogP contribution in [0.25, 0.3) is 0 Å². The molecular formula is C33H52N2O4. The maximum atomic E-state index is 11.6. The van der Waals surface area contributed by atoms with E-state index < -0.39 is 0 Å². The number of alkyl carbamates (subject to hydrolysis) is 2. The van der Waals surface area contributed by atoms with Gasteiger partial charge in [0.2, 0.25) is 0 Å². The van der Waals surface area contributed by atoms with Gasteiger partial charge in [-0.25, -0.2) is 9.59 Å². The zero-order chi connectivity index (χ0) is 27.7. The SMILES string of the molecule is CCCCCCCNC(=O)OCC1C2CCC#CCCC21.CCCCNC(=O)OCC1C2CCC#CCCC21. The molecule has 0 aliphatic heterocycles. The van der Waals surface area contributed by atoms with Gasteiger partial charge in [-0.2, -0.15) is 0 Å². The maximum Gasteiger partial charge on any atom is 0.407 e. The average molecular weight is 541 g/mol. The summed E-state index contributed by atoms with van der Waals surface area (Å²) in [5, 5.41) is 5.65. The van der Waals surface area contributed by atoms with Crippen LogP contribution in [0.2, 0.25) is 0 Å². The van der Waals surface area contributed by atoms with Gasteiger partial charge >= 0.3 is 12.2 Å². The van der Waals surface area contributed by atoms with E-state index in [4.69, 9.17) is 9.47 Å². The number of nitrogens with one attached hydrogen (secondary N) is 2. The molecule has 0 spiro atoms. The molecule has 0 saturated heterocycles. The fourth-order valence-corrected chi connectivity index (χ4v) is 6.30. The van der Waals surface area contributed by atoms with E-state index in [0.29, 0.717) is 25.0 Å². The summed E-state index contributed by atoms with van der Waals surface area (Å²) in [4.78, 5) is 23.1. The number of unbranched alkanes of at least 4 members (excludes halogenated alkanes) is 5. The topological polar surface area (TPSA) is 76.7 Å². The quantitative estimate of drug-likeness (QED) is 0.193. The molecule has 4 aliphatic rings. The first-order chi connectivity index (χ1) is 19.2. The number of carbonyl (C=O) groups excluding carboxylic acids is 2. The third-order valence-corrected chi connectivity index (χ3v) is 8.84. The Hall–Kier alpha value is -2.34. The largest absolute Gasteiger partial charge is 0.449 e. The lowest BCUT2D eigenvalue weighted by atomic mass is 10.1. The Labute approximate surface area is 237 Å². The van der Waals surface area contributed by atoms with Crippen molar-refractivity contribution in [3.8, 4) is 23.7 Å². The number of amides is 2. The van der Waals surface area contributed by atoms with Crippen molar-refractivity contribution in [1.82, 2.24) is 10.6 Å². The zero-order valence-corrected chi connectivity index (χ0v) is 24.5. The molecule has 2 N–H and O–H groups in total. The van der Waals surface area contributed by atoms with Crippen molar-refractivity contribution in [2.24, 2.45) is 35.5 Å². The standard InChI is InChI=1S/C18H29NO2.C15H23NO2/c1-2-3-4-7-10-13-19-18(20)21-14-17-15-11-8-5-6-9-12-16(15)17;1-2-3-10-16-15(17)18-11-14-12-8-6-4-5-7-9-13(12)14/h15-17H,2-4,7-14H2,1H3,(H,19,20);12-14H,2-3,6-11H2,1H3,(H,16,17). The van der Waals surface area contributed by atoms with Crippen LogP contribution in [0.4, 0.5) is 9.59 Å². The molecule has 0 aromatic rings. The summed E-state index contributed by atoms with van der Waals surface area (Å²) in [5.74, 6) is 17.0. The Morgan fingerprint density at radius 2 is 0.974 bits per heavy atom.